The van der Waals surface area contributed by atoms with Gasteiger partial charge in [-0.15, -0.1) is 0 Å². The number of hydrogen-bond donors (Lipinski definition) is 2. The highest BCUT2D eigenvalue weighted by Crippen LogP contribution is 2.04. The van der Waals surface area contributed by atoms with Crippen molar-refractivity contribution in [1.82, 2.24) is 5.32 Å². The number of amides is 1. The van der Waals surface area contributed by atoms with E-state index in [0.29, 0.717) is 0 Å². The van der Waals surface area contributed by atoms with Gasteiger partial charge in [-0.2, -0.15) is 0 Å². The standard InChI is InChI=1S/C9H17N2O2/c1-4-6(2)8(10)9(13)11-7(3)5-12/h6-8H,4,10H2,1-3H3,(H,11,13)/t6-,7-,8-/m0/s1. The molecule has 4 nitrogen and oxygen atoms in total. The van der Waals surface area contributed by atoms with E-state index < -0.39 is 12.1 Å². The Hall–Kier alpha value is -0.900. The first-order chi connectivity index (χ1) is 6.02. The number of rotatable bonds is 5. The fraction of sp³-hybridized carbons (Fsp3) is 0.778. The Balaban J connectivity index is 4.03. The van der Waals surface area contributed by atoms with Crippen LogP contribution < -0.4 is 11.1 Å². The van der Waals surface area contributed by atoms with Gasteiger partial charge in [0.1, 0.15) is 0 Å². The average Bonchev–Trinajstić information content (AvgIpc) is 2.14. The molecule has 0 fully saturated rings. The average molecular weight is 185 g/mol. The number of hydrogen-bond acceptors (Lipinski definition) is 3. The second-order valence-electron chi connectivity index (χ2n) is 3.26. The van der Waals surface area contributed by atoms with Gasteiger partial charge in [0.15, 0.2) is 0 Å². The Morgan fingerprint density at radius 1 is 1.54 bits per heavy atom. The number of carbonyl (C=O) groups excluding carboxylic acids is 2. The maximum atomic E-state index is 11.3. The van der Waals surface area contributed by atoms with Crippen LogP contribution in [-0.2, 0) is 9.59 Å². The van der Waals surface area contributed by atoms with Gasteiger partial charge in [0.05, 0.1) is 12.1 Å². The van der Waals surface area contributed by atoms with Crippen LogP contribution in [-0.4, -0.2) is 24.3 Å². The van der Waals surface area contributed by atoms with E-state index in [2.05, 4.69) is 5.32 Å². The second kappa shape index (κ2) is 5.70. The predicted octanol–water partition coefficient (Wildman–Crippen LogP) is -0.0258. The third kappa shape index (κ3) is 4.03. The fourth-order valence-electron chi connectivity index (χ4n) is 0.851. The molecule has 0 aliphatic heterocycles. The molecule has 0 saturated carbocycles. The van der Waals surface area contributed by atoms with E-state index in [1.807, 2.05) is 13.8 Å². The zero-order valence-electron chi connectivity index (χ0n) is 8.33. The molecule has 1 amide bonds. The third-order valence-electron chi connectivity index (χ3n) is 2.10. The second-order valence-corrected chi connectivity index (χ2v) is 3.26. The number of nitrogens with two attached hydrogens (primary N) is 1. The van der Waals surface area contributed by atoms with Gasteiger partial charge in [0.25, 0.3) is 0 Å². The summed E-state index contributed by atoms with van der Waals surface area (Å²) in [5.74, 6) is -0.163. The van der Waals surface area contributed by atoms with Crippen LogP contribution in [0.15, 0.2) is 0 Å². The molecule has 0 spiro atoms. The van der Waals surface area contributed by atoms with E-state index in [9.17, 15) is 9.59 Å². The zero-order chi connectivity index (χ0) is 10.4. The molecule has 0 heterocycles. The third-order valence-corrected chi connectivity index (χ3v) is 2.10. The molecule has 1 radical (unpaired) electrons. The molecule has 0 aromatic heterocycles. The summed E-state index contributed by atoms with van der Waals surface area (Å²) in [7, 11) is 0. The van der Waals surface area contributed by atoms with Crippen molar-refractivity contribution in [1.29, 1.82) is 0 Å². The molecular weight excluding hydrogens is 168 g/mol. The molecule has 0 unspecified atom stereocenters. The van der Waals surface area contributed by atoms with Crippen LogP contribution in [0.1, 0.15) is 27.2 Å². The lowest BCUT2D eigenvalue weighted by molar-refractivity contribution is -0.123. The summed E-state index contributed by atoms with van der Waals surface area (Å²) < 4.78 is 0. The lowest BCUT2D eigenvalue weighted by Gasteiger charge is -2.18. The molecule has 0 aliphatic rings. The maximum Gasteiger partial charge on any atom is 0.237 e. The Morgan fingerprint density at radius 2 is 2.08 bits per heavy atom. The molecule has 0 aromatic rings. The zero-order valence-corrected chi connectivity index (χ0v) is 8.33. The molecule has 0 bridgehead atoms. The number of carbonyl (C=O) groups is 1. The molecule has 75 valence electrons. The van der Waals surface area contributed by atoms with Gasteiger partial charge >= 0.3 is 0 Å². The molecule has 3 atom stereocenters. The van der Waals surface area contributed by atoms with Crippen molar-refractivity contribution in [2.24, 2.45) is 11.7 Å². The molecule has 0 aliphatic carbocycles. The first-order valence-corrected chi connectivity index (χ1v) is 4.46. The van der Waals surface area contributed by atoms with Crippen molar-refractivity contribution in [2.75, 3.05) is 0 Å². The molecule has 3 N–H and O–H groups in total. The van der Waals surface area contributed by atoms with E-state index in [1.165, 1.54) is 0 Å². The molecule has 0 rings (SSSR count). The van der Waals surface area contributed by atoms with Crippen molar-refractivity contribution < 1.29 is 9.59 Å². The SMILES string of the molecule is CC[C@H](C)[C@H](N)C(=O)N[C@@H](C)[C]=O. The van der Waals surface area contributed by atoms with Crippen molar-refractivity contribution in [3.63, 3.8) is 0 Å². The van der Waals surface area contributed by atoms with E-state index in [1.54, 1.807) is 13.2 Å². The highest BCUT2D eigenvalue weighted by atomic mass is 16.2. The summed E-state index contributed by atoms with van der Waals surface area (Å²) in [5.41, 5.74) is 5.63. The summed E-state index contributed by atoms with van der Waals surface area (Å²) in [6.45, 7) is 5.43. The van der Waals surface area contributed by atoms with Gasteiger partial charge in [-0.1, -0.05) is 20.3 Å². The van der Waals surface area contributed by atoms with Crippen LogP contribution in [0.25, 0.3) is 0 Å². The van der Waals surface area contributed by atoms with Gasteiger partial charge in [0.2, 0.25) is 12.2 Å². The Labute approximate surface area is 78.9 Å². The summed E-state index contributed by atoms with van der Waals surface area (Å²) in [4.78, 5) is 21.4. The van der Waals surface area contributed by atoms with Gasteiger partial charge in [-0.05, 0) is 12.8 Å². The van der Waals surface area contributed by atoms with E-state index in [-0.39, 0.29) is 11.8 Å². The minimum atomic E-state index is -0.581. The van der Waals surface area contributed by atoms with Gasteiger partial charge in [0, 0.05) is 0 Å². The minimum absolute atomic E-state index is 0.124. The van der Waals surface area contributed by atoms with Crippen LogP contribution in [0.5, 0.6) is 0 Å². The quantitative estimate of drug-likeness (QED) is 0.632. The maximum absolute atomic E-state index is 11.3. The largest absolute Gasteiger partial charge is 0.345 e. The Morgan fingerprint density at radius 3 is 2.46 bits per heavy atom. The predicted molar refractivity (Wildman–Crippen MR) is 50.7 cm³/mol. The van der Waals surface area contributed by atoms with Crippen LogP contribution in [0.4, 0.5) is 0 Å². The lowest BCUT2D eigenvalue weighted by atomic mass is 9.99. The fourth-order valence-corrected chi connectivity index (χ4v) is 0.851. The molecule has 13 heavy (non-hydrogen) atoms. The molecule has 0 aromatic carbocycles. The lowest BCUT2D eigenvalue weighted by Crippen LogP contribution is -2.47. The highest BCUT2D eigenvalue weighted by molar-refractivity contribution is 5.84. The van der Waals surface area contributed by atoms with Crippen molar-refractivity contribution in [3.8, 4) is 0 Å². The van der Waals surface area contributed by atoms with Crippen molar-refractivity contribution in [2.45, 2.75) is 39.3 Å². The van der Waals surface area contributed by atoms with Gasteiger partial charge < -0.3 is 11.1 Å². The van der Waals surface area contributed by atoms with E-state index in [0.717, 1.165) is 6.42 Å². The molecule has 4 heteroatoms. The highest BCUT2D eigenvalue weighted by Gasteiger charge is 2.20. The van der Waals surface area contributed by atoms with Gasteiger partial charge in [-0.25, -0.2) is 0 Å². The van der Waals surface area contributed by atoms with Crippen LogP contribution in [0.3, 0.4) is 0 Å². The van der Waals surface area contributed by atoms with Gasteiger partial charge in [-0.3, -0.25) is 9.59 Å². The molecular formula is C9H17N2O2. The van der Waals surface area contributed by atoms with Crippen molar-refractivity contribution >= 4 is 12.2 Å². The van der Waals surface area contributed by atoms with Crippen LogP contribution >= 0.6 is 0 Å². The molecule has 0 saturated heterocycles. The van der Waals surface area contributed by atoms with E-state index >= 15 is 0 Å². The van der Waals surface area contributed by atoms with Crippen LogP contribution in [0.2, 0.25) is 0 Å². The monoisotopic (exact) mass is 185 g/mol. The smallest absolute Gasteiger partial charge is 0.237 e. The normalized spacial score (nSPS) is 17.2. The minimum Gasteiger partial charge on any atom is -0.345 e. The van der Waals surface area contributed by atoms with E-state index in [4.69, 9.17) is 5.73 Å². The number of nitrogens with one attached hydrogen (secondary N) is 1. The first-order valence-electron chi connectivity index (χ1n) is 4.46. The Bertz CT molecular complexity index is 182. The Kier molecular flexibility index (Phi) is 5.30. The summed E-state index contributed by atoms with van der Waals surface area (Å²) in [6.07, 6.45) is 2.51. The summed E-state index contributed by atoms with van der Waals surface area (Å²) in [5, 5.41) is 2.46. The summed E-state index contributed by atoms with van der Waals surface area (Å²) >= 11 is 0. The summed E-state index contributed by atoms with van der Waals surface area (Å²) in [6, 6.07) is -1.12. The van der Waals surface area contributed by atoms with Crippen LogP contribution in [0, 0.1) is 5.92 Å². The topological polar surface area (TPSA) is 72.2 Å². The first kappa shape index (κ1) is 12.1. The van der Waals surface area contributed by atoms with Crippen molar-refractivity contribution in [3.05, 3.63) is 0 Å².